The molecule has 7 nitrogen and oxygen atoms in total. The van der Waals surface area contributed by atoms with Gasteiger partial charge in [-0.05, 0) is 24.9 Å². The van der Waals surface area contributed by atoms with Crippen LogP contribution in [0.15, 0.2) is 0 Å². The molecule has 0 saturated carbocycles. The van der Waals surface area contributed by atoms with Crippen molar-refractivity contribution in [3.8, 4) is 6.01 Å². The molecule has 0 amide bonds. The summed E-state index contributed by atoms with van der Waals surface area (Å²) in [6.45, 7) is 2.66. The van der Waals surface area contributed by atoms with Crippen molar-refractivity contribution < 1.29 is 13.2 Å². The Hall–Kier alpha value is -1.15. The number of ether oxygens (including phenoxy) is 1. The molecule has 0 radical (unpaired) electrons. The molecular formula is C9H15ClN4O3S. The van der Waals surface area contributed by atoms with Crippen LogP contribution in [0.3, 0.4) is 0 Å². The largest absolute Gasteiger partial charge is 0.464 e. The minimum atomic E-state index is -2.95. The van der Waals surface area contributed by atoms with Crippen LogP contribution in [-0.2, 0) is 9.84 Å². The van der Waals surface area contributed by atoms with Gasteiger partial charge in [0.1, 0.15) is 9.84 Å². The molecule has 0 aromatic carbocycles. The van der Waals surface area contributed by atoms with E-state index in [0.29, 0.717) is 19.6 Å². The topological polar surface area (TPSA) is 94.1 Å². The quantitative estimate of drug-likeness (QED) is 0.742. The Morgan fingerprint density at radius 1 is 1.33 bits per heavy atom. The zero-order valence-electron chi connectivity index (χ0n) is 10.2. The number of rotatable bonds is 7. The van der Waals surface area contributed by atoms with Gasteiger partial charge in [0.05, 0.1) is 12.4 Å². The summed E-state index contributed by atoms with van der Waals surface area (Å²) in [5.41, 5.74) is 0. The molecule has 0 saturated heterocycles. The third-order valence-electron chi connectivity index (χ3n) is 1.84. The molecule has 0 atom stereocenters. The number of nitrogens with zero attached hydrogens (tertiary/aromatic N) is 3. The molecule has 18 heavy (non-hydrogen) atoms. The Kier molecular flexibility index (Phi) is 5.54. The molecule has 1 aromatic rings. The van der Waals surface area contributed by atoms with Crippen molar-refractivity contribution >= 4 is 27.4 Å². The van der Waals surface area contributed by atoms with Gasteiger partial charge >= 0.3 is 6.01 Å². The number of hydrogen-bond acceptors (Lipinski definition) is 7. The van der Waals surface area contributed by atoms with Gasteiger partial charge in [-0.25, -0.2) is 8.42 Å². The van der Waals surface area contributed by atoms with E-state index in [0.717, 1.165) is 0 Å². The smallest absolute Gasteiger partial charge is 0.322 e. The van der Waals surface area contributed by atoms with E-state index in [-0.39, 0.29) is 23.0 Å². The van der Waals surface area contributed by atoms with Crippen LogP contribution in [0.1, 0.15) is 13.3 Å². The molecule has 102 valence electrons. The highest BCUT2D eigenvalue weighted by Crippen LogP contribution is 2.11. The fourth-order valence-electron chi connectivity index (χ4n) is 1.14. The van der Waals surface area contributed by atoms with Crippen molar-refractivity contribution in [1.29, 1.82) is 0 Å². The highest BCUT2D eigenvalue weighted by Gasteiger charge is 2.06. The standard InChI is InChI=1S/C9H15ClN4O3S/c1-3-17-9-13-7(10)12-8(14-9)11-5-4-6-18(2,15)16/h3-6H2,1-2H3,(H,11,12,13,14). The highest BCUT2D eigenvalue weighted by molar-refractivity contribution is 7.90. The normalized spacial score (nSPS) is 11.3. The number of hydrogen-bond donors (Lipinski definition) is 1. The molecule has 1 aromatic heterocycles. The van der Waals surface area contributed by atoms with Crippen molar-refractivity contribution in [2.24, 2.45) is 0 Å². The molecule has 0 aliphatic heterocycles. The Morgan fingerprint density at radius 2 is 2.06 bits per heavy atom. The lowest BCUT2D eigenvalue weighted by molar-refractivity contribution is 0.312. The van der Waals surface area contributed by atoms with E-state index in [4.69, 9.17) is 16.3 Å². The van der Waals surface area contributed by atoms with Gasteiger partial charge in [-0.3, -0.25) is 0 Å². The van der Waals surface area contributed by atoms with E-state index >= 15 is 0 Å². The van der Waals surface area contributed by atoms with Crippen LogP contribution in [0.4, 0.5) is 5.95 Å². The second-order valence-corrected chi connectivity index (χ2v) is 6.15. The monoisotopic (exact) mass is 294 g/mol. The maximum absolute atomic E-state index is 10.9. The SMILES string of the molecule is CCOc1nc(Cl)nc(NCCCS(C)(=O)=O)n1. The van der Waals surface area contributed by atoms with Crippen LogP contribution in [0.25, 0.3) is 0 Å². The summed E-state index contributed by atoms with van der Waals surface area (Å²) in [4.78, 5) is 11.6. The van der Waals surface area contributed by atoms with Gasteiger partial charge in [-0.15, -0.1) is 0 Å². The minimum absolute atomic E-state index is 0.0269. The second kappa shape index (κ2) is 6.69. The van der Waals surface area contributed by atoms with E-state index in [1.54, 1.807) is 6.92 Å². The van der Waals surface area contributed by atoms with Crippen molar-refractivity contribution in [2.75, 3.05) is 30.5 Å². The van der Waals surface area contributed by atoms with Crippen molar-refractivity contribution in [2.45, 2.75) is 13.3 Å². The fraction of sp³-hybridized carbons (Fsp3) is 0.667. The fourth-order valence-corrected chi connectivity index (χ4v) is 1.96. The summed E-state index contributed by atoms with van der Waals surface area (Å²) in [5.74, 6) is 0.379. The molecule has 1 rings (SSSR count). The summed E-state index contributed by atoms with van der Waals surface area (Å²) in [7, 11) is -2.95. The predicted octanol–water partition coefficient (Wildman–Crippen LogP) is 0.770. The molecule has 0 unspecified atom stereocenters. The molecule has 0 fully saturated rings. The number of sulfone groups is 1. The van der Waals surface area contributed by atoms with Gasteiger partial charge in [0.25, 0.3) is 0 Å². The Bertz CT molecular complexity index is 495. The van der Waals surface area contributed by atoms with Crippen LogP contribution in [0, 0.1) is 0 Å². The lowest BCUT2D eigenvalue weighted by Crippen LogP contribution is -2.12. The molecule has 0 aliphatic carbocycles. The number of aromatic nitrogens is 3. The minimum Gasteiger partial charge on any atom is -0.464 e. The zero-order valence-corrected chi connectivity index (χ0v) is 11.8. The maximum Gasteiger partial charge on any atom is 0.322 e. The molecule has 9 heteroatoms. The van der Waals surface area contributed by atoms with Crippen LogP contribution < -0.4 is 10.1 Å². The van der Waals surface area contributed by atoms with Crippen LogP contribution >= 0.6 is 11.6 Å². The predicted molar refractivity (Wildman–Crippen MR) is 68.8 cm³/mol. The molecule has 0 aliphatic rings. The Balaban J connectivity index is 2.51. The van der Waals surface area contributed by atoms with Crippen LogP contribution in [-0.4, -0.2) is 48.5 Å². The van der Waals surface area contributed by atoms with E-state index < -0.39 is 9.84 Å². The molecule has 1 heterocycles. The first kappa shape index (κ1) is 14.9. The third-order valence-corrected chi connectivity index (χ3v) is 3.04. The van der Waals surface area contributed by atoms with Crippen LogP contribution in [0.2, 0.25) is 5.28 Å². The van der Waals surface area contributed by atoms with Gasteiger partial charge < -0.3 is 10.1 Å². The first-order chi connectivity index (χ1) is 8.40. The van der Waals surface area contributed by atoms with Crippen molar-refractivity contribution in [1.82, 2.24) is 15.0 Å². The number of halogens is 1. The first-order valence-electron chi connectivity index (χ1n) is 5.36. The summed E-state index contributed by atoms with van der Waals surface area (Å²) >= 11 is 5.69. The van der Waals surface area contributed by atoms with Gasteiger partial charge in [-0.1, -0.05) is 0 Å². The van der Waals surface area contributed by atoms with E-state index in [9.17, 15) is 8.42 Å². The van der Waals surface area contributed by atoms with E-state index in [1.807, 2.05) is 0 Å². The highest BCUT2D eigenvalue weighted by atomic mass is 35.5. The van der Waals surface area contributed by atoms with E-state index in [1.165, 1.54) is 6.26 Å². The molecule has 1 N–H and O–H groups in total. The molecular weight excluding hydrogens is 280 g/mol. The lowest BCUT2D eigenvalue weighted by atomic mass is 10.5. The van der Waals surface area contributed by atoms with Gasteiger partial charge in [0, 0.05) is 12.8 Å². The maximum atomic E-state index is 10.9. The summed E-state index contributed by atoms with van der Waals surface area (Å²) in [6.07, 6.45) is 1.66. The average molecular weight is 295 g/mol. The zero-order chi connectivity index (χ0) is 13.6. The first-order valence-corrected chi connectivity index (χ1v) is 7.80. The Labute approximate surface area is 111 Å². The summed E-state index contributed by atoms with van der Waals surface area (Å²) < 4.78 is 27.0. The Morgan fingerprint density at radius 3 is 2.67 bits per heavy atom. The number of nitrogens with one attached hydrogen (secondary N) is 1. The van der Waals surface area contributed by atoms with E-state index in [2.05, 4.69) is 20.3 Å². The number of anilines is 1. The van der Waals surface area contributed by atoms with Gasteiger partial charge in [0.15, 0.2) is 0 Å². The summed E-state index contributed by atoms with van der Waals surface area (Å²) in [6, 6.07) is 0.142. The van der Waals surface area contributed by atoms with Gasteiger partial charge in [0.2, 0.25) is 11.2 Å². The second-order valence-electron chi connectivity index (χ2n) is 3.55. The molecule has 0 bridgehead atoms. The summed E-state index contributed by atoms with van der Waals surface area (Å²) in [5, 5.41) is 2.89. The van der Waals surface area contributed by atoms with Crippen molar-refractivity contribution in [3.63, 3.8) is 0 Å². The van der Waals surface area contributed by atoms with Crippen LogP contribution in [0.5, 0.6) is 6.01 Å². The average Bonchev–Trinajstić information content (AvgIpc) is 2.23. The van der Waals surface area contributed by atoms with Gasteiger partial charge in [-0.2, -0.15) is 15.0 Å². The molecule has 0 spiro atoms. The third kappa shape index (κ3) is 5.97. The lowest BCUT2D eigenvalue weighted by Gasteiger charge is -2.06. The van der Waals surface area contributed by atoms with Crippen molar-refractivity contribution in [3.05, 3.63) is 5.28 Å².